The molecular formula is C21H25ClN6O2. The van der Waals surface area contributed by atoms with Crippen molar-refractivity contribution in [2.75, 3.05) is 62.7 Å². The largest absolute Gasteiger partial charge is 0.353 e. The number of anilines is 2. The summed E-state index contributed by atoms with van der Waals surface area (Å²) in [4.78, 5) is 41.2. The van der Waals surface area contributed by atoms with Gasteiger partial charge in [-0.15, -0.1) is 0 Å². The quantitative estimate of drug-likeness (QED) is 0.731. The Labute approximate surface area is 181 Å². The van der Waals surface area contributed by atoms with E-state index in [4.69, 9.17) is 11.6 Å². The van der Waals surface area contributed by atoms with E-state index in [1.165, 1.54) is 0 Å². The third-order valence-corrected chi connectivity index (χ3v) is 6.04. The van der Waals surface area contributed by atoms with Gasteiger partial charge in [-0.25, -0.2) is 9.97 Å². The molecule has 0 unspecified atom stereocenters. The fraction of sp³-hybridized carbons (Fsp3) is 0.429. The number of carbonyl (C=O) groups excluding carboxylic acids is 2. The van der Waals surface area contributed by atoms with E-state index in [1.54, 1.807) is 11.2 Å². The molecule has 1 aromatic carbocycles. The molecule has 4 rings (SSSR count). The number of likely N-dealkylation sites (N-methyl/N-ethyl adjacent to an activating group) is 1. The van der Waals surface area contributed by atoms with Gasteiger partial charge in [0.15, 0.2) is 0 Å². The zero-order valence-electron chi connectivity index (χ0n) is 17.0. The summed E-state index contributed by atoms with van der Waals surface area (Å²) in [5, 5.41) is 0.625. The second-order valence-electron chi connectivity index (χ2n) is 7.61. The molecule has 0 spiro atoms. The third-order valence-electron chi connectivity index (χ3n) is 5.68. The van der Waals surface area contributed by atoms with E-state index in [0.717, 1.165) is 23.7 Å². The Morgan fingerprint density at radius 1 is 1.00 bits per heavy atom. The predicted octanol–water partition coefficient (Wildman–Crippen LogP) is 1.30. The molecule has 0 N–H and O–H groups in total. The summed E-state index contributed by atoms with van der Waals surface area (Å²) in [7, 11) is 1.82. The van der Waals surface area contributed by atoms with Gasteiger partial charge in [0, 0.05) is 57.4 Å². The minimum absolute atomic E-state index is 0.0853. The topological polar surface area (TPSA) is 72.9 Å². The fourth-order valence-corrected chi connectivity index (χ4v) is 3.94. The minimum Gasteiger partial charge on any atom is -0.353 e. The summed E-state index contributed by atoms with van der Waals surface area (Å²) in [6, 6.07) is 9.39. The Kier molecular flexibility index (Phi) is 6.03. The molecule has 2 fully saturated rings. The van der Waals surface area contributed by atoms with E-state index in [1.807, 2.05) is 47.2 Å². The summed E-state index contributed by atoms with van der Waals surface area (Å²) in [6.07, 6.45) is 1.86. The molecule has 2 saturated heterocycles. The number of amides is 2. The molecule has 2 aromatic rings. The first kappa shape index (κ1) is 20.4. The molecule has 3 heterocycles. The van der Waals surface area contributed by atoms with Crippen molar-refractivity contribution in [2.45, 2.75) is 6.42 Å². The number of hydrogen-bond donors (Lipinski definition) is 0. The van der Waals surface area contributed by atoms with Crippen molar-refractivity contribution >= 4 is 35.1 Å². The first-order valence-corrected chi connectivity index (χ1v) is 10.5. The number of rotatable bonds is 4. The predicted molar refractivity (Wildman–Crippen MR) is 116 cm³/mol. The molecule has 1 aromatic heterocycles. The summed E-state index contributed by atoms with van der Waals surface area (Å²) >= 11 is 6.19. The average molecular weight is 429 g/mol. The molecule has 0 aliphatic carbocycles. The lowest BCUT2D eigenvalue weighted by molar-refractivity contribution is -0.131. The smallest absolute Gasteiger partial charge is 0.241 e. The van der Waals surface area contributed by atoms with Crippen molar-refractivity contribution in [3.63, 3.8) is 0 Å². The van der Waals surface area contributed by atoms with Gasteiger partial charge in [-0.05, 0) is 11.6 Å². The van der Waals surface area contributed by atoms with Crippen molar-refractivity contribution in [1.29, 1.82) is 0 Å². The lowest BCUT2D eigenvalue weighted by atomic mass is 10.1. The van der Waals surface area contributed by atoms with Crippen LogP contribution in [0.25, 0.3) is 0 Å². The number of benzene rings is 1. The van der Waals surface area contributed by atoms with Crippen LogP contribution in [-0.4, -0.2) is 84.4 Å². The first-order valence-electron chi connectivity index (χ1n) is 10.1. The average Bonchev–Trinajstić information content (AvgIpc) is 2.77. The molecule has 9 heteroatoms. The van der Waals surface area contributed by atoms with Crippen LogP contribution >= 0.6 is 11.6 Å². The molecule has 8 nitrogen and oxygen atoms in total. The van der Waals surface area contributed by atoms with Crippen LogP contribution in [0.3, 0.4) is 0 Å². The summed E-state index contributed by atoms with van der Waals surface area (Å²) in [6.45, 7) is 4.44. The van der Waals surface area contributed by atoms with Crippen molar-refractivity contribution in [2.24, 2.45) is 0 Å². The summed E-state index contributed by atoms with van der Waals surface area (Å²) in [5.41, 5.74) is 0.855. The maximum Gasteiger partial charge on any atom is 0.241 e. The van der Waals surface area contributed by atoms with E-state index in [-0.39, 0.29) is 11.8 Å². The van der Waals surface area contributed by atoms with Gasteiger partial charge in [0.1, 0.15) is 18.0 Å². The Balaban J connectivity index is 1.36. The van der Waals surface area contributed by atoms with Gasteiger partial charge in [-0.3, -0.25) is 9.59 Å². The molecule has 30 heavy (non-hydrogen) atoms. The van der Waals surface area contributed by atoms with Gasteiger partial charge in [0.2, 0.25) is 11.8 Å². The Morgan fingerprint density at radius 3 is 2.37 bits per heavy atom. The van der Waals surface area contributed by atoms with E-state index >= 15 is 0 Å². The van der Waals surface area contributed by atoms with Crippen LogP contribution in [0.15, 0.2) is 36.7 Å². The molecule has 0 atom stereocenters. The molecule has 0 bridgehead atoms. The Hall–Kier alpha value is -2.87. The van der Waals surface area contributed by atoms with Gasteiger partial charge in [-0.1, -0.05) is 29.8 Å². The molecule has 2 aliphatic rings. The summed E-state index contributed by atoms with van der Waals surface area (Å²) in [5.74, 6) is 1.76. The van der Waals surface area contributed by atoms with Crippen LogP contribution in [0.2, 0.25) is 5.02 Å². The maximum atomic E-state index is 12.7. The fourth-order valence-electron chi connectivity index (χ4n) is 3.74. The van der Waals surface area contributed by atoms with Gasteiger partial charge >= 0.3 is 0 Å². The van der Waals surface area contributed by atoms with Crippen LogP contribution in [-0.2, 0) is 16.0 Å². The van der Waals surface area contributed by atoms with Crippen molar-refractivity contribution in [3.05, 3.63) is 47.2 Å². The number of piperazine rings is 2. The highest BCUT2D eigenvalue weighted by molar-refractivity contribution is 6.31. The number of aromatic nitrogens is 2. The van der Waals surface area contributed by atoms with Gasteiger partial charge in [-0.2, -0.15) is 0 Å². The number of halogens is 1. The Morgan fingerprint density at radius 2 is 1.67 bits per heavy atom. The van der Waals surface area contributed by atoms with Crippen LogP contribution in [0.4, 0.5) is 11.6 Å². The molecule has 0 radical (unpaired) electrons. The van der Waals surface area contributed by atoms with Gasteiger partial charge in [0.05, 0.1) is 13.0 Å². The number of hydrogen-bond acceptors (Lipinski definition) is 6. The standard InChI is InChI=1S/C21H25ClN6O2/c1-25-6-7-28(14-21(25)30)19-13-18(23-15-24-19)26-8-10-27(11-9-26)20(29)12-16-4-2-3-5-17(16)22/h2-5,13,15H,6-12,14H2,1H3. The molecule has 2 aliphatic heterocycles. The van der Waals surface area contributed by atoms with Crippen LogP contribution < -0.4 is 9.80 Å². The Bertz CT molecular complexity index is 931. The SMILES string of the molecule is CN1CCN(c2cc(N3CCN(C(=O)Cc4ccccc4Cl)CC3)ncn2)CC1=O. The van der Waals surface area contributed by atoms with Gasteiger partial charge in [0.25, 0.3) is 0 Å². The van der Waals surface area contributed by atoms with E-state index in [9.17, 15) is 9.59 Å². The molecule has 158 valence electrons. The van der Waals surface area contributed by atoms with E-state index in [2.05, 4.69) is 14.9 Å². The van der Waals surface area contributed by atoms with E-state index in [0.29, 0.717) is 50.7 Å². The molecular weight excluding hydrogens is 404 g/mol. The number of carbonyl (C=O) groups is 2. The lowest BCUT2D eigenvalue weighted by Crippen LogP contribution is -2.50. The van der Waals surface area contributed by atoms with Crippen molar-refractivity contribution < 1.29 is 9.59 Å². The normalized spacial score (nSPS) is 17.5. The van der Waals surface area contributed by atoms with Crippen LogP contribution in [0, 0.1) is 0 Å². The van der Waals surface area contributed by atoms with Crippen LogP contribution in [0.1, 0.15) is 5.56 Å². The minimum atomic E-state index is 0.0853. The van der Waals surface area contributed by atoms with Crippen molar-refractivity contribution in [3.8, 4) is 0 Å². The highest BCUT2D eigenvalue weighted by Crippen LogP contribution is 2.21. The highest BCUT2D eigenvalue weighted by Gasteiger charge is 2.25. The maximum absolute atomic E-state index is 12.7. The van der Waals surface area contributed by atoms with Crippen LogP contribution in [0.5, 0.6) is 0 Å². The zero-order chi connectivity index (χ0) is 21.1. The second-order valence-corrected chi connectivity index (χ2v) is 8.01. The first-order chi connectivity index (χ1) is 14.5. The summed E-state index contributed by atoms with van der Waals surface area (Å²) < 4.78 is 0. The van der Waals surface area contributed by atoms with E-state index < -0.39 is 0 Å². The zero-order valence-corrected chi connectivity index (χ0v) is 17.8. The lowest BCUT2D eigenvalue weighted by Gasteiger charge is -2.36. The van der Waals surface area contributed by atoms with Crippen molar-refractivity contribution in [1.82, 2.24) is 19.8 Å². The molecule has 2 amide bonds. The molecule has 0 saturated carbocycles. The third kappa shape index (κ3) is 4.48. The van der Waals surface area contributed by atoms with Gasteiger partial charge < -0.3 is 19.6 Å². The monoisotopic (exact) mass is 428 g/mol. The highest BCUT2D eigenvalue weighted by atomic mass is 35.5. The second kappa shape index (κ2) is 8.87. The number of nitrogens with zero attached hydrogens (tertiary/aromatic N) is 6.